The van der Waals surface area contributed by atoms with Crippen molar-refractivity contribution in [1.29, 1.82) is 0 Å². The molecule has 0 bridgehead atoms. The van der Waals surface area contributed by atoms with E-state index in [9.17, 15) is 9.59 Å². The third-order valence-corrected chi connectivity index (χ3v) is 2.90. The lowest BCUT2D eigenvalue weighted by Crippen LogP contribution is -2.55. The van der Waals surface area contributed by atoms with Crippen molar-refractivity contribution >= 4 is 11.8 Å². The molecule has 90 valence electrons. The maximum Gasteiger partial charge on any atom is 0.247 e. The van der Waals surface area contributed by atoms with Gasteiger partial charge in [0, 0.05) is 6.04 Å². The average Bonchev–Trinajstić information content (AvgIpc) is 2.32. The Morgan fingerprint density at radius 3 is 2.47 bits per heavy atom. The number of piperazine rings is 1. The van der Waals surface area contributed by atoms with Crippen molar-refractivity contribution in [3.05, 3.63) is 35.9 Å². The number of nitrogens with zero attached hydrogens (tertiary/aromatic N) is 1. The Bertz CT molecular complexity index is 428. The number of hydrogen-bond acceptors (Lipinski definition) is 2. The Balaban J connectivity index is 2.39. The predicted octanol–water partition coefficient (Wildman–Crippen LogP) is 1.09. The summed E-state index contributed by atoms with van der Waals surface area (Å²) in [4.78, 5) is 25.5. The van der Waals surface area contributed by atoms with E-state index in [2.05, 4.69) is 5.32 Å². The van der Waals surface area contributed by atoms with E-state index in [0.29, 0.717) is 0 Å². The fourth-order valence-corrected chi connectivity index (χ4v) is 2.15. The van der Waals surface area contributed by atoms with Gasteiger partial charge in [-0.1, -0.05) is 30.3 Å². The summed E-state index contributed by atoms with van der Waals surface area (Å²) in [6.07, 6.45) is 0. The molecule has 1 aliphatic heterocycles. The van der Waals surface area contributed by atoms with Crippen LogP contribution in [0.1, 0.15) is 25.5 Å². The molecule has 0 spiro atoms. The van der Waals surface area contributed by atoms with Crippen LogP contribution < -0.4 is 5.32 Å². The number of carbonyl (C=O) groups excluding carboxylic acids is 2. The molecular formula is C13H16N2O2. The van der Waals surface area contributed by atoms with Crippen molar-refractivity contribution in [2.75, 3.05) is 6.54 Å². The first-order chi connectivity index (χ1) is 8.11. The van der Waals surface area contributed by atoms with Crippen LogP contribution in [0.15, 0.2) is 30.3 Å². The Labute approximate surface area is 101 Å². The van der Waals surface area contributed by atoms with E-state index in [1.165, 1.54) is 0 Å². The van der Waals surface area contributed by atoms with E-state index in [4.69, 9.17) is 0 Å². The smallest absolute Gasteiger partial charge is 0.247 e. The Hall–Kier alpha value is -1.84. The van der Waals surface area contributed by atoms with Gasteiger partial charge in [0.25, 0.3) is 0 Å². The molecule has 0 aliphatic carbocycles. The highest BCUT2D eigenvalue weighted by molar-refractivity contribution is 5.95. The normalized spacial score (nSPS) is 20.6. The first-order valence-corrected chi connectivity index (χ1v) is 5.75. The van der Waals surface area contributed by atoms with Crippen molar-refractivity contribution in [1.82, 2.24) is 10.2 Å². The third-order valence-electron chi connectivity index (χ3n) is 2.90. The van der Waals surface area contributed by atoms with E-state index in [-0.39, 0.29) is 24.4 Å². The Morgan fingerprint density at radius 2 is 1.88 bits per heavy atom. The minimum Gasteiger partial charge on any atom is -0.345 e. The van der Waals surface area contributed by atoms with E-state index >= 15 is 0 Å². The zero-order chi connectivity index (χ0) is 12.4. The zero-order valence-electron chi connectivity index (χ0n) is 10.0. The largest absolute Gasteiger partial charge is 0.345 e. The minimum atomic E-state index is -0.502. The highest BCUT2D eigenvalue weighted by atomic mass is 16.2. The van der Waals surface area contributed by atoms with E-state index < -0.39 is 6.04 Å². The molecule has 1 aromatic rings. The van der Waals surface area contributed by atoms with Crippen LogP contribution in [0.5, 0.6) is 0 Å². The number of amides is 2. The summed E-state index contributed by atoms with van der Waals surface area (Å²) in [6, 6.07) is 8.90. The van der Waals surface area contributed by atoms with Crippen LogP contribution in [0.4, 0.5) is 0 Å². The van der Waals surface area contributed by atoms with Gasteiger partial charge in [0.2, 0.25) is 11.8 Å². The molecular weight excluding hydrogens is 216 g/mol. The van der Waals surface area contributed by atoms with E-state index in [0.717, 1.165) is 5.56 Å². The van der Waals surface area contributed by atoms with Gasteiger partial charge in [0.1, 0.15) is 6.04 Å². The van der Waals surface area contributed by atoms with Crippen molar-refractivity contribution in [2.45, 2.75) is 25.9 Å². The SMILES string of the molecule is CC(C)N1C(=O)CNC(=O)C1c1ccccc1. The molecule has 1 unspecified atom stereocenters. The van der Waals surface area contributed by atoms with Crippen LogP contribution in [0.3, 0.4) is 0 Å². The maximum absolute atomic E-state index is 12.0. The van der Waals surface area contributed by atoms with Gasteiger partial charge in [-0.2, -0.15) is 0 Å². The van der Waals surface area contributed by atoms with Crippen LogP contribution in [-0.4, -0.2) is 29.3 Å². The molecule has 1 atom stereocenters. The first-order valence-electron chi connectivity index (χ1n) is 5.75. The van der Waals surface area contributed by atoms with E-state index in [1.54, 1.807) is 4.90 Å². The topological polar surface area (TPSA) is 49.4 Å². The summed E-state index contributed by atoms with van der Waals surface area (Å²) < 4.78 is 0. The first kappa shape index (κ1) is 11.6. The van der Waals surface area contributed by atoms with Gasteiger partial charge in [-0.05, 0) is 19.4 Å². The van der Waals surface area contributed by atoms with Crippen LogP contribution in [-0.2, 0) is 9.59 Å². The monoisotopic (exact) mass is 232 g/mol. The summed E-state index contributed by atoms with van der Waals surface area (Å²) in [6.45, 7) is 3.94. The van der Waals surface area contributed by atoms with Gasteiger partial charge in [0.15, 0.2) is 0 Å². The van der Waals surface area contributed by atoms with Crippen LogP contribution in [0, 0.1) is 0 Å². The number of rotatable bonds is 2. The molecule has 0 aromatic heterocycles. The van der Waals surface area contributed by atoms with Crippen LogP contribution in [0.2, 0.25) is 0 Å². The predicted molar refractivity (Wildman–Crippen MR) is 64.2 cm³/mol. The molecule has 4 nitrogen and oxygen atoms in total. The fraction of sp³-hybridized carbons (Fsp3) is 0.385. The minimum absolute atomic E-state index is 0.0127. The maximum atomic E-state index is 12.0. The van der Waals surface area contributed by atoms with Gasteiger partial charge in [-0.3, -0.25) is 9.59 Å². The summed E-state index contributed by atoms with van der Waals surface area (Å²) in [5.41, 5.74) is 0.853. The van der Waals surface area contributed by atoms with Crippen molar-refractivity contribution in [3.8, 4) is 0 Å². The molecule has 1 fully saturated rings. The zero-order valence-corrected chi connectivity index (χ0v) is 10.0. The second kappa shape index (κ2) is 4.57. The standard InChI is InChI=1S/C13H16N2O2/c1-9(2)15-11(16)8-14-13(17)12(15)10-6-4-3-5-7-10/h3-7,9,12H,8H2,1-2H3,(H,14,17). The molecule has 0 saturated carbocycles. The molecule has 4 heteroatoms. The molecule has 0 radical (unpaired) electrons. The van der Waals surface area contributed by atoms with Crippen LogP contribution >= 0.6 is 0 Å². The molecule has 2 amide bonds. The average molecular weight is 232 g/mol. The molecule has 1 aromatic carbocycles. The van der Waals surface area contributed by atoms with Gasteiger partial charge < -0.3 is 10.2 Å². The molecule has 1 heterocycles. The number of nitrogens with one attached hydrogen (secondary N) is 1. The number of benzene rings is 1. The second-order valence-electron chi connectivity index (χ2n) is 4.43. The van der Waals surface area contributed by atoms with Crippen molar-refractivity contribution in [3.63, 3.8) is 0 Å². The lowest BCUT2D eigenvalue weighted by atomic mass is 10.0. The lowest BCUT2D eigenvalue weighted by Gasteiger charge is -2.38. The van der Waals surface area contributed by atoms with Crippen molar-refractivity contribution in [2.24, 2.45) is 0 Å². The third kappa shape index (κ3) is 2.16. The summed E-state index contributed by atoms with van der Waals surface area (Å²) in [5.74, 6) is -0.141. The highest BCUT2D eigenvalue weighted by Gasteiger charge is 2.36. The summed E-state index contributed by atoms with van der Waals surface area (Å²) in [5, 5.41) is 2.64. The van der Waals surface area contributed by atoms with Gasteiger partial charge in [0.05, 0.1) is 6.54 Å². The lowest BCUT2D eigenvalue weighted by molar-refractivity contribution is -0.147. The molecule has 1 saturated heterocycles. The van der Waals surface area contributed by atoms with E-state index in [1.807, 2.05) is 44.2 Å². The summed E-state index contributed by atoms with van der Waals surface area (Å²) in [7, 11) is 0. The van der Waals surface area contributed by atoms with Gasteiger partial charge >= 0.3 is 0 Å². The van der Waals surface area contributed by atoms with Gasteiger partial charge in [-0.25, -0.2) is 0 Å². The molecule has 1 aliphatic rings. The molecule has 17 heavy (non-hydrogen) atoms. The molecule has 1 N–H and O–H groups in total. The van der Waals surface area contributed by atoms with Crippen LogP contribution in [0.25, 0.3) is 0 Å². The number of hydrogen-bond donors (Lipinski definition) is 1. The van der Waals surface area contributed by atoms with Crippen molar-refractivity contribution < 1.29 is 9.59 Å². The second-order valence-corrected chi connectivity index (χ2v) is 4.43. The molecule has 2 rings (SSSR count). The highest BCUT2D eigenvalue weighted by Crippen LogP contribution is 2.25. The summed E-state index contributed by atoms with van der Waals surface area (Å²) >= 11 is 0. The van der Waals surface area contributed by atoms with Gasteiger partial charge in [-0.15, -0.1) is 0 Å². The quantitative estimate of drug-likeness (QED) is 0.830. The number of carbonyl (C=O) groups is 2. The fourth-order valence-electron chi connectivity index (χ4n) is 2.15. The Morgan fingerprint density at radius 1 is 1.24 bits per heavy atom. The Kier molecular flexibility index (Phi) is 3.13.